The first-order valence-corrected chi connectivity index (χ1v) is 5.93. The van der Waals surface area contributed by atoms with E-state index in [1.54, 1.807) is 11.9 Å². The van der Waals surface area contributed by atoms with Crippen molar-refractivity contribution in [1.82, 2.24) is 5.01 Å². The van der Waals surface area contributed by atoms with Gasteiger partial charge in [-0.1, -0.05) is 6.92 Å². The van der Waals surface area contributed by atoms with Gasteiger partial charge in [0.1, 0.15) is 0 Å². The Morgan fingerprint density at radius 1 is 1.58 bits per heavy atom. The molecule has 4 nitrogen and oxygen atoms in total. The highest BCUT2D eigenvalue weighted by Crippen LogP contribution is 2.18. The van der Waals surface area contributed by atoms with Gasteiger partial charge in [-0.15, -0.1) is 0 Å². The molecule has 0 amide bonds. The molecule has 1 fully saturated rings. The van der Waals surface area contributed by atoms with Crippen LogP contribution in [-0.4, -0.2) is 37.0 Å². The summed E-state index contributed by atoms with van der Waals surface area (Å²) in [6.07, 6.45) is 0.789. The van der Waals surface area contributed by atoms with Crippen molar-refractivity contribution in [3.05, 3.63) is 0 Å². The summed E-state index contributed by atoms with van der Waals surface area (Å²) in [7, 11) is -2.88. The number of rotatable bonds is 1. The molecule has 1 aliphatic rings. The molecule has 0 aromatic heterocycles. The van der Waals surface area contributed by atoms with Gasteiger partial charge < -0.3 is 0 Å². The van der Waals surface area contributed by atoms with Gasteiger partial charge in [0.15, 0.2) is 9.84 Å². The summed E-state index contributed by atoms with van der Waals surface area (Å²) < 4.78 is 22.8. The van der Waals surface area contributed by atoms with Gasteiger partial charge >= 0.3 is 0 Å². The van der Waals surface area contributed by atoms with Gasteiger partial charge in [-0.2, -0.15) is 0 Å². The van der Waals surface area contributed by atoms with Gasteiger partial charge in [0.2, 0.25) is 0 Å². The smallest absolute Gasteiger partial charge is 0.155 e. The molecule has 1 aliphatic heterocycles. The number of hydrogen-bond donors (Lipinski definition) is 1. The van der Waals surface area contributed by atoms with E-state index in [4.69, 9.17) is 5.84 Å². The molecule has 0 spiro atoms. The van der Waals surface area contributed by atoms with Crippen LogP contribution in [0.1, 0.15) is 20.3 Å². The van der Waals surface area contributed by atoms with Crippen molar-refractivity contribution >= 4 is 9.84 Å². The lowest BCUT2D eigenvalue weighted by Crippen LogP contribution is -2.56. The fourth-order valence-corrected chi connectivity index (χ4v) is 3.32. The average Bonchev–Trinajstić information content (AvgIpc) is 2.00. The van der Waals surface area contributed by atoms with E-state index in [-0.39, 0.29) is 17.0 Å². The molecule has 0 aliphatic carbocycles. The van der Waals surface area contributed by atoms with Crippen molar-refractivity contribution in [3.63, 3.8) is 0 Å². The summed E-state index contributed by atoms with van der Waals surface area (Å²) in [6, 6.07) is -0.0104. The van der Waals surface area contributed by atoms with Crippen molar-refractivity contribution in [1.29, 1.82) is 0 Å². The molecule has 1 rings (SSSR count). The minimum atomic E-state index is -2.88. The fourth-order valence-electron chi connectivity index (χ4n) is 1.66. The van der Waals surface area contributed by atoms with Crippen LogP contribution in [-0.2, 0) is 9.84 Å². The fraction of sp³-hybridized carbons (Fsp3) is 1.00. The third kappa shape index (κ3) is 1.62. The molecule has 2 N–H and O–H groups in total. The molecule has 5 heteroatoms. The number of nitrogens with zero attached hydrogens (tertiary/aromatic N) is 1. The number of nitrogens with two attached hydrogens (primary N) is 1. The molecule has 0 bridgehead atoms. The molecule has 2 atom stereocenters. The Balaban J connectivity index is 2.85. The molecule has 1 heterocycles. The molecule has 0 radical (unpaired) electrons. The minimum Gasteiger partial charge on any atom is -0.268 e. The molecule has 0 saturated carbocycles. The zero-order valence-electron chi connectivity index (χ0n) is 7.53. The summed E-state index contributed by atoms with van der Waals surface area (Å²) in [5, 5.41) is 1.33. The van der Waals surface area contributed by atoms with E-state index in [1.165, 1.54) is 0 Å². The maximum Gasteiger partial charge on any atom is 0.155 e. The van der Waals surface area contributed by atoms with E-state index in [9.17, 15) is 8.42 Å². The van der Waals surface area contributed by atoms with Crippen LogP contribution in [0.3, 0.4) is 0 Å². The van der Waals surface area contributed by atoms with Crippen LogP contribution in [0, 0.1) is 0 Å². The minimum absolute atomic E-state index is 0.0104. The predicted molar refractivity (Wildman–Crippen MR) is 48.2 cm³/mol. The van der Waals surface area contributed by atoms with E-state index in [0.29, 0.717) is 6.54 Å². The van der Waals surface area contributed by atoms with Crippen LogP contribution in [0.15, 0.2) is 0 Å². The predicted octanol–water partition coefficient (Wildman–Crippen LogP) is -0.242. The Kier molecular flexibility index (Phi) is 2.75. The lowest BCUT2D eigenvalue weighted by molar-refractivity contribution is 0.191. The molecule has 1 saturated heterocycles. The molecule has 72 valence electrons. The third-order valence-corrected chi connectivity index (χ3v) is 4.79. The molecule has 2 unspecified atom stereocenters. The molecular formula is C7H16N2O2S. The van der Waals surface area contributed by atoms with Gasteiger partial charge in [0, 0.05) is 12.6 Å². The maximum absolute atomic E-state index is 11.4. The standard InChI is InChI=1S/C7H16N2O2S/c1-3-7-6(2)12(10,11)5-4-9(7)8/h6-7H,3-5,8H2,1-2H3. The summed E-state index contributed by atoms with van der Waals surface area (Å²) >= 11 is 0. The van der Waals surface area contributed by atoms with Crippen molar-refractivity contribution in [3.8, 4) is 0 Å². The zero-order chi connectivity index (χ0) is 9.35. The summed E-state index contributed by atoms with van der Waals surface area (Å²) in [6.45, 7) is 4.16. The van der Waals surface area contributed by atoms with Crippen molar-refractivity contribution in [2.75, 3.05) is 12.3 Å². The topological polar surface area (TPSA) is 63.4 Å². The van der Waals surface area contributed by atoms with Crippen LogP contribution >= 0.6 is 0 Å². The van der Waals surface area contributed by atoms with Crippen molar-refractivity contribution < 1.29 is 8.42 Å². The lowest BCUT2D eigenvalue weighted by Gasteiger charge is -2.35. The van der Waals surface area contributed by atoms with E-state index >= 15 is 0 Å². The highest BCUT2D eigenvalue weighted by atomic mass is 32.2. The first kappa shape index (κ1) is 9.95. The number of sulfone groups is 1. The van der Waals surface area contributed by atoms with Crippen molar-refractivity contribution in [2.45, 2.75) is 31.6 Å². The Morgan fingerprint density at radius 3 is 2.58 bits per heavy atom. The second-order valence-corrected chi connectivity index (χ2v) is 5.76. The van der Waals surface area contributed by atoms with Crippen molar-refractivity contribution in [2.24, 2.45) is 5.84 Å². The summed E-state index contributed by atoms with van der Waals surface area (Å²) in [5.41, 5.74) is 0. The van der Waals surface area contributed by atoms with Gasteiger partial charge in [-0.05, 0) is 13.3 Å². The van der Waals surface area contributed by atoms with Crippen LogP contribution in [0.25, 0.3) is 0 Å². The Morgan fingerprint density at radius 2 is 2.17 bits per heavy atom. The normalized spacial score (nSPS) is 36.6. The second kappa shape index (κ2) is 3.32. The summed E-state index contributed by atoms with van der Waals surface area (Å²) in [4.78, 5) is 0. The largest absolute Gasteiger partial charge is 0.268 e. The number of hydrazine groups is 1. The quantitative estimate of drug-likeness (QED) is 0.582. The van der Waals surface area contributed by atoms with Gasteiger partial charge in [-0.3, -0.25) is 5.84 Å². The first-order chi connectivity index (χ1) is 5.49. The Bertz CT molecular complexity index is 250. The van der Waals surface area contributed by atoms with Crippen LogP contribution in [0.4, 0.5) is 0 Å². The highest BCUT2D eigenvalue weighted by molar-refractivity contribution is 7.92. The maximum atomic E-state index is 11.4. The molecule has 12 heavy (non-hydrogen) atoms. The number of hydrogen-bond acceptors (Lipinski definition) is 4. The highest BCUT2D eigenvalue weighted by Gasteiger charge is 2.35. The molecular weight excluding hydrogens is 176 g/mol. The van der Waals surface area contributed by atoms with E-state index in [2.05, 4.69) is 0 Å². The SMILES string of the molecule is CCC1C(C)S(=O)(=O)CCN1N. The van der Waals surface area contributed by atoms with E-state index in [1.807, 2.05) is 6.92 Å². The van der Waals surface area contributed by atoms with E-state index in [0.717, 1.165) is 6.42 Å². The average molecular weight is 192 g/mol. The van der Waals surface area contributed by atoms with Gasteiger partial charge in [-0.25, -0.2) is 13.4 Å². The van der Waals surface area contributed by atoms with Crippen LogP contribution in [0.5, 0.6) is 0 Å². The molecule has 0 aromatic rings. The monoisotopic (exact) mass is 192 g/mol. The van der Waals surface area contributed by atoms with E-state index < -0.39 is 9.84 Å². The zero-order valence-corrected chi connectivity index (χ0v) is 8.34. The molecule has 0 aromatic carbocycles. The van der Waals surface area contributed by atoms with Crippen LogP contribution < -0.4 is 5.84 Å². The van der Waals surface area contributed by atoms with Crippen LogP contribution in [0.2, 0.25) is 0 Å². The Hall–Kier alpha value is -0.130. The second-order valence-electron chi connectivity index (χ2n) is 3.29. The van der Waals surface area contributed by atoms with Gasteiger partial charge in [0.05, 0.1) is 11.0 Å². The Labute approximate surface area is 73.6 Å². The first-order valence-electron chi connectivity index (χ1n) is 4.22. The van der Waals surface area contributed by atoms with Gasteiger partial charge in [0.25, 0.3) is 0 Å². The summed E-state index contributed by atoms with van der Waals surface area (Å²) in [5.74, 6) is 5.87. The third-order valence-electron chi connectivity index (χ3n) is 2.59. The lowest BCUT2D eigenvalue weighted by atomic mass is 10.1.